The number of benzene rings is 1. The van der Waals surface area contributed by atoms with Gasteiger partial charge in [-0.2, -0.15) is 0 Å². The van der Waals surface area contributed by atoms with E-state index in [0.29, 0.717) is 6.61 Å². The number of hydrogen-bond donors (Lipinski definition) is 0. The molecule has 0 atom stereocenters. The Morgan fingerprint density at radius 3 is 2.26 bits per heavy atom. The van der Waals surface area contributed by atoms with Crippen LogP contribution in [0.3, 0.4) is 0 Å². The Morgan fingerprint density at radius 1 is 1.05 bits per heavy atom. The Hall–Kier alpha value is -0.670. The molecule has 0 N–H and O–H groups in total. The molecule has 0 saturated carbocycles. The second-order valence-electron chi connectivity index (χ2n) is 4.33. The highest BCUT2D eigenvalue weighted by Gasteiger charge is 1.88. The first kappa shape index (κ1) is 18.3. The second kappa shape index (κ2) is 15.4. The molecule has 1 aromatic carbocycles. The summed E-state index contributed by atoms with van der Waals surface area (Å²) in [5, 5.41) is 1.11. The lowest BCUT2D eigenvalue weighted by Crippen LogP contribution is -1.84. The normalized spacial score (nSPS) is 9.58. The summed E-state index contributed by atoms with van der Waals surface area (Å²) in [5.74, 6) is 0. The van der Waals surface area contributed by atoms with E-state index in [9.17, 15) is 4.79 Å². The molecule has 19 heavy (non-hydrogen) atoms. The first-order valence-corrected chi connectivity index (χ1v) is 7.99. The van der Waals surface area contributed by atoms with E-state index in [4.69, 9.17) is 4.74 Å². The smallest absolute Gasteiger partial charge is 0.119 e. The van der Waals surface area contributed by atoms with E-state index in [2.05, 4.69) is 15.9 Å². The van der Waals surface area contributed by atoms with Crippen molar-refractivity contribution in [2.24, 2.45) is 0 Å². The average molecular weight is 329 g/mol. The summed E-state index contributed by atoms with van der Waals surface area (Å²) in [4.78, 5) is 9.89. The van der Waals surface area contributed by atoms with Crippen molar-refractivity contribution >= 4 is 22.2 Å². The number of carbonyl (C=O) groups is 1. The van der Waals surface area contributed by atoms with Gasteiger partial charge in [-0.1, -0.05) is 65.5 Å². The van der Waals surface area contributed by atoms with Crippen LogP contribution >= 0.6 is 15.9 Å². The molecule has 108 valence electrons. The molecular formula is C16H25BrO2. The highest BCUT2D eigenvalue weighted by molar-refractivity contribution is 9.09. The van der Waals surface area contributed by atoms with Gasteiger partial charge in [0.1, 0.15) is 6.29 Å². The van der Waals surface area contributed by atoms with Crippen molar-refractivity contribution in [2.45, 2.75) is 45.1 Å². The summed E-state index contributed by atoms with van der Waals surface area (Å²) in [6.45, 7) is 0.709. The molecule has 3 heteroatoms. The molecule has 0 aliphatic carbocycles. The average Bonchev–Trinajstić information content (AvgIpc) is 2.45. The van der Waals surface area contributed by atoms with Gasteiger partial charge >= 0.3 is 0 Å². The lowest BCUT2D eigenvalue weighted by molar-refractivity contribution is -0.107. The van der Waals surface area contributed by atoms with Crippen molar-refractivity contribution in [3.05, 3.63) is 35.9 Å². The van der Waals surface area contributed by atoms with Gasteiger partial charge in [0.25, 0.3) is 0 Å². The number of hydrogen-bond acceptors (Lipinski definition) is 2. The summed E-state index contributed by atoms with van der Waals surface area (Å²) in [6, 6.07) is 10.1. The van der Waals surface area contributed by atoms with Crippen molar-refractivity contribution in [1.29, 1.82) is 0 Å². The van der Waals surface area contributed by atoms with Crippen LogP contribution in [-0.4, -0.2) is 18.7 Å². The first-order chi connectivity index (χ1) is 9.35. The maximum atomic E-state index is 9.89. The van der Waals surface area contributed by atoms with Gasteiger partial charge in [0.2, 0.25) is 0 Å². The number of ether oxygens (including phenoxy) is 1. The summed E-state index contributed by atoms with van der Waals surface area (Å²) in [7, 11) is 1.70. The highest BCUT2D eigenvalue weighted by Crippen LogP contribution is 2.05. The van der Waals surface area contributed by atoms with E-state index >= 15 is 0 Å². The lowest BCUT2D eigenvalue weighted by atomic mass is 10.1. The van der Waals surface area contributed by atoms with E-state index < -0.39 is 0 Å². The van der Waals surface area contributed by atoms with Gasteiger partial charge in [-0.05, 0) is 18.4 Å². The SMILES string of the molecule is COCc1ccccc1.O=CCCCCCCCBr. The van der Waals surface area contributed by atoms with E-state index in [-0.39, 0.29) is 0 Å². The first-order valence-electron chi connectivity index (χ1n) is 6.87. The summed E-state index contributed by atoms with van der Waals surface area (Å²) >= 11 is 3.38. The molecule has 1 aromatic rings. The van der Waals surface area contributed by atoms with Crippen molar-refractivity contribution in [2.75, 3.05) is 12.4 Å². The minimum atomic E-state index is 0.709. The van der Waals surface area contributed by atoms with Crippen LogP contribution in [0.5, 0.6) is 0 Å². The number of rotatable bonds is 9. The van der Waals surface area contributed by atoms with E-state index in [1.54, 1.807) is 7.11 Å². The maximum absolute atomic E-state index is 9.89. The minimum absolute atomic E-state index is 0.709. The van der Waals surface area contributed by atoms with Gasteiger partial charge in [-0.3, -0.25) is 0 Å². The Balaban J connectivity index is 0.000000342. The second-order valence-corrected chi connectivity index (χ2v) is 5.12. The van der Waals surface area contributed by atoms with E-state index in [1.807, 2.05) is 30.3 Å². The number of aldehydes is 1. The summed E-state index contributed by atoms with van der Waals surface area (Å²) < 4.78 is 4.93. The van der Waals surface area contributed by atoms with Crippen LogP contribution in [0.15, 0.2) is 30.3 Å². The lowest BCUT2D eigenvalue weighted by Gasteiger charge is -1.95. The molecule has 0 radical (unpaired) electrons. The van der Waals surface area contributed by atoms with Gasteiger partial charge in [0.15, 0.2) is 0 Å². The van der Waals surface area contributed by atoms with Gasteiger partial charge in [0, 0.05) is 18.9 Å². The molecule has 1 rings (SSSR count). The molecule has 0 aliphatic rings. The summed E-state index contributed by atoms with van der Waals surface area (Å²) in [6.07, 6.45) is 7.88. The predicted molar refractivity (Wildman–Crippen MR) is 84.7 cm³/mol. The van der Waals surface area contributed by atoms with Crippen molar-refractivity contribution in [3.8, 4) is 0 Å². The fraction of sp³-hybridized carbons (Fsp3) is 0.562. The highest BCUT2D eigenvalue weighted by atomic mass is 79.9. The molecule has 2 nitrogen and oxygen atoms in total. The minimum Gasteiger partial charge on any atom is -0.380 e. The molecule has 0 spiro atoms. The van der Waals surface area contributed by atoms with Crippen molar-refractivity contribution in [1.82, 2.24) is 0 Å². The zero-order valence-electron chi connectivity index (χ0n) is 11.8. The Labute approximate surface area is 125 Å². The largest absolute Gasteiger partial charge is 0.380 e. The Bertz CT molecular complexity index is 288. The quantitative estimate of drug-likeness (QED) is 0.371. The molecular weight excluding hydrogens is 304 g/mol. The van der Waals surface area contributed by atoms with Crippen LogP contribution in [-0.2, 0) is 16.1 Å². The topological polar surface area (TPSA) is 26.3 Å². The third-order valence-corrected chi connectivity index (χ3v) is 3.17. The molecule has 0 heterocycles. The third-order valence-electron chi connectivity index (χ3n) is 2.61. The Kier molecular flexibility index (Phi) is 14.8. The third kappa shape index (κ3) is 13.6. The van der Waals surface area contributed by atoms with Crippen LogP contribution in [0.2, 0.25) is 0 Å². The standard InChI is InChI=1S/C8H15BrO.C8H10O/c9-7-5-3-1-2-4-6-8-10;1-9-7-8-5-3-2-4-6-8/h8H,1-7H2;2-6H,7H2,1H3. The molecule has 0 aliphatic heterocycles. The van der Waals surface area contributed by atoms with Crippen molar-refractivity contribution < 1.29 is 9.53 Å². The number of methoxy groups -OCH3 is 1. The van der Waals surface area contributed by atoms with E-state index in [1.165, 1.54) is 31.2 Å². The fourth-order valence-corrected chi connectivity index (χ4v) is 1.99. The summed E-state index contributed by atoms with van der Waals surface area (Å²) in [5.41, 5.74) is 1.22. The Morgan fingerprint density at radius 2 is 1.68 bits per heavy atom. The number of alkyl halides is 1. The molecule has 0 saturated heterocycles. The van der Waals surface area contributed by atoms with Gasteiger partial charge in [-0.15, -0.1) is 0 Å². The molecule has 0 aromatic heterocycles. The van der Waals surface area contributed by atoms with Crippen LogP contribution in [0, 0.1) is 0 Å². The number of carbonyl (C=O) groups excluding carboxylic acids is 1. The predicted octanol–water partition coefficient (Wildman–Crippen LogP) is 4.75. The van der Waals surface area contributed by atoms with E-state index in [0.717, 1.165) is 24.5 Å². The number of unbranched alkanes of at least 4 members (excludes halogenated alkanes) is 5. The molecule has 0 bridgehead atoms. The van der Waals surface area contributed by atoms with Gasteiger partial charge in [0.05, 0.1) is 6.61 Å². The molecule has 0 amide bonds. The van der Waals surface area contributed by atoms with Crippen LogP contribution in [0.25, 0.3) is 0 Å². The monoisotopic (exact) mass is 328 g/mol. The van der Waals surface area contributed by atoms with Crippen molar-refractivity contribution in [3.63, 3.8) is 0 Å². The van der Waals surface area contributed by atoms with Crippen LogP contribution in [0.1, 0.15) is 44.1 Å². The maximum Gasteiger partial charge on any atom is 0.119 e. The fourth-order valence-electron chi connectivity index (χ4n) is 1.59. The number of halogens is 1. The van der Waals surface area contributed by atoms with Crippen LogP contribution in [0.4, 0.5) is 0 Å². The van der Waals surface area contributed by atoms with Crippen LogP contribution < -0.4 is 0 Å². The zero-order valence-corrected chi connectivity index (χ0v) is 13.4. The zero-order chi connectivity index (χ0) is 14.2. The van der Waals surface area contributed by atoms with Gasteiger partial charge < -0.3 is 9.53 Å². The van der Waals surface area contributed by atoms with Gasteiger partial charge in [-0.25, -0.2) is 0 Å². The molecule has 0 unspecified atom stereocenters. The molecule has 0 fully saturated rings.